The van der Waals surface area contributed by atoms with Crippen molar-refractivity contribution in [2.24, 2.45) is 0 Å². The van der Waals surface area contributed by atoms with Crippen molar-refractivity contribution in [2.45, 2.75) is 12.8 Å². The van der Waals surface area contributed by atoms with Crippen molar-refractivity contribution < 1.29 is 39.3 Å². The second-order valence-corrected chi connectivity index (χ2v) is 10.8. The van der Waals surface area contributed by atoms with E-state index in [1.54, 1.807) is 0 Å². The minimum Gasteiger partial charge on any atom is -0.376 e. The number of hydrogen-bond donors (Lipinski definition) is 2. The van der Waals surface area contributed by atoms with Gasteiger partial charge in [0.1, 0.15) is 9.98 Å². The first-order valence-electron chi connectivity index (χ1n) is 15.1. The average Bonchev–Trinajstić information content (AvgIpc) is 3.88. The largest absolute Gasteiger partial charge is 4.00 e. The molecule has 6 aromatic carbocycles. The Morgan fingerprint density at radius 1 is 0.510 bits per heavy atom. The molecular formula is C40H34F4N2S2Ti. The molecule has 6 aromatic rings. The van der Waals surface area contributed by atoms with Crippen LogP contribution in [0.2, 0.25) is 0 Å². The van der Waals surface area contributed by atoms with Crippen molar-refractivity contribution >= 4 is 34.4 Å². The van der Waals surface area contributed by atoms with E-state index in [1.807, 2.05) is 133 Å². The summed E-state index contributed by atoms with van der Waals surface area (Å²) in [6, 6.07) is 48.3. The molecule has 0 radical (unpaired) electrons. The molecule has 2 N–H and O–H groups in total. The minimum absolute atomic E-state index is 0. The first-order chi connectivity index (χ1) is 23.3. The number of benzene rings is 4. The first-order valence-corrected chi connectivity index (χ1v) is 15.9. The minimum atomic E-state index is -0.686. The smallest absolute Gasteiger partial charge is 0.376 e. The molecule has 9 heteroatoms. The summed E-state index contributed by atoms with van der Waals surface area (Å²) in [5.74, 6) is -2.66. The Labute approximate surface area is 311 Å². The second-order valence-electron chi connectivity index (χ2n) is 9.96. The molecule has 0 unspecified atom stereocenters. The fourth-order valence-electron chi connectivity index (χ4n) is 3.98. The molecule has 0 saturated heterocycles. The summed E-state index contributed by atoms with van der Waals surface area (Å²) in [5.41, 5.74) is 2.68. The molecular weight excluding hydrogens is 696 g/mol. The SMILES string of the molecule is Fc1[c-]c(F)c(CCNC(=S)c2ccccc2)cc1.Fc1[c-]c(F)c(CCNC(=S)c2ccccc2)cc1.[Ti+4].c1cc[cH-]c1.c1cc[cH-]c1. The predicted octanol–water partition coefficient (Wildman–Crippen LogP) is 9.35. The maximum atomic E-state index is 13.3. The quantitative estimate of drug-likeness (QED) is 0.0706. The van der Waals surface area contributed by atoms with Gasteiger partial charge in [0.05, 0.1) is 0 Å². The number of hydrogen-bond acceptors (Lipinski definition) is 2. The van der Waals surface area contributed by atoms with Crippen LogP contribution in [-0.2, 0) is 34.6 Å². The molecule has 248 valence electrons. The van der Waals surface area contributed by atoms with Crippen molar-refractivity contribution in [3.05, 3.63) is 203 Å². The summed E-state index contributed by atoms with van der Waals surface area (Å²) in [6.45, 7) is 0.980. The zero-order valence-corrected chi connectivity index (χ0v) is 29.7. The molecule has 0 aliphatic rings. The summed E-state index contributed by atoms with van der Waals surface area (Å²) in [4.78, 5) is 1.24. The van der Waals surface area contributed by atoms with Crippen molar-refractivity contribution in [3.63, 3.8) is 0 Å². The Hall–Kier alpha value is -4.21. The molecule has 0 bridgehead atoms. The molecule has 0 atom stereocenters. The van der Waals surface area contributed by atoms with E-state index in [0.29, 0.717) is 47.0 Å². The van der Waals surface area contributed by atoms with Gasteiger partial charge in [-0.15, -0.1) is 35.4 Å². The van der Waals surface area contributed by atoms with Gasteiger partial charge >= 0.3 is 21.7 Å². The molecule has 49 heavy (non-hydrogen) atoms. The Morgan fingerprint density at radius 2 is 0.857 bits per heavy atom. The maximum Gasteiger partial charge on any atom is 4.00 e. The fourth-order valence-corrected chi connectivity index (χ4v) is 4.46. The van der Waals surface area contributed by atoms with Crippen LogP contribution in [-0.4, -0.2) is 23.1 Å². The number of thiocarbonyl (C=S) groups is 2. The Balaban J connectivity index is 0.000000260. The van der Waals surface area contributed by atoms with Gasteiger partial charge in [0.15, 0.2) is 0 Å². The van der Waals surface area contributed by atoms with Gasteiger partial charge in [0.2, 0.25) is 0 Å². The summed E-state index contributed by atoms with van der Waals surface area (Å²) in [5, 5.41) is 6.09. The van der Waals surface area contributed by atoms with Crippen molar-refractivity contribution in [1.29, 1.82) is 0 Å². The molecule has 0 amide bonds. The molecule has 0 saturated carbocycles. The van der Waals surface area contributed by atoms with Gasteiger partial charge in [-0.1, -0.05) is 97.9 Å². The summed E-state index contributed by atoms with van der Waals surface area (Å²) < 4.78 is 52.1. The molecule has 0 heterocycles. The normalized spacial score (nSPS) is 9.55. The van der Waals surface area contributed by atoms with E-state index < -0.39 is 23.3 Å². The van der Waals surface area contributed by atoms with Gasteiger partial charge in [-0.25, -0.2) is 41.8 Å². The van der Waals surface area contributed by atoms with Crippen LogP contribution in [0.4, 0.5) is 17.6 Å². The van der Waals surface area contributed by atoms with Crippen LogP contribution in [0.5, 0.6) is 0 Å². The Kier molecular flexibility index (Phi) is 20.1. The Bertz CT molecular complexity index is 1580. The van der Waals surface area contributed by atoms with Gasteiger partial charge in [-0.05, 0) is 0 Å². The van der Waals surface area contributed by atoms with Crippen molar-refractivity contribution in [3.8, 4) is 0 Å². The van der Waals surface area contributed by atoms with Crippen molar-refractivity contribution in [2.75, 3.05) is 13.1 Å². The zero-order valence-electron chi connectivity index (χ0n) is 26.5. The molecule has 0 aliphatic carbocycles. The summed E-state index contributed by atoms with van der Waals surface area (Å²) >= 11 is 10.4. The molecule has 0 aliphatic heterocycles. The Morgan fingerprint density at radius 3 is 1.14 bits per heavy atom. The third-order valence-electron chi connectivity index (χ3n) is 6.43. The fraction of sp³-hybridized carbons (Fsp3) is 0.100. The summed E-state index contributed by atoms with van der Waals surface area (Å²) in [7, 11) is 0. The molecule has 2 nitrogen and oxygen atoms in total. The van der Waals surface area contributed by atoms with Gasteiger partial charge < -0.3 is 10.6 Å². The third kappa shape index (κ3) is 16.6. The van der Waals surface area contributed by atoms with Gasteiger partial charge in [0.25, 0.3) is 0 Å². The monoisotopic (exact) mass is 730 g/mol. The van der Waals surface area contributed by atoms with Crippen LogP contribution < -0.4 is 10.6 Å². The van der Waals surface area contributed by atoms with Crippen LogP contribution in [0.3, 0.4) is 0 Å². The topological polar surface area (TPSA) is 24.1 Å². The van der Waals surface area contributed by atoms with E-state index in [-0.39, 0.29) is 21.7 Å². The van der Waals surface area contributed by atoms with Crippen LogP contribution >= 0.6 is 24.4 Å². The van der Waals surface area contributed by atoms with Crippen LogP contribution in [0.15, 0.2) is 146 Å². The molecule has 0 spiro atoms. The predicted molar refractivity (Wildman–Crippen MR) is 194 cm³/mol. The van der Waals surface area contributed by atoms with E-state index in [1.165, 1.54) is 24.3 Å². The van der Waals surface area contributed by atoms with E-state index in [0.717, 1.165) is 11.1 Å². The maximum absolute atomic E-state index is 13.3. The van der Waals surface area contributed by atoms with E-state index >= 15 is 0 Å². The molecule has 0 aromatic heterocycles. The molecule has 6 rings (SSSR count). The van der Waals surface area contributed by atoms with E-state index in [9.17, 15) is 17.6 Å². The molecule has 0 fully saturated rings. The first kappa shape index (κ1) is 41.0. The van der Waals surface area contributed by atoms with Crippen LogP contribution in [0, 0.1) is 35.4 Å². The second kappa shape index (κ2) is 24.0. The van der Waals surface area contributed by atoms with Gasteiger partial charge in [-0.2, -0.15) is 48.5 Å². The van der Waals surface area contributed by atoms with Crippen molar-refractivity contribution in [1.82, 2.24) is 10.6 Å². The summed E-state index contributed by atoms with van der Waals surface area (Å²) in [6.07, 6.45) is 0.852. The van der Waals surface area contributed by atoms with E-state index in [4.69, 9.17) is 24.4 Å². The standard InChI is InChI=1S/2C15H12F2NS.2C5H5.Ti/c2*16-13-7-6-11(14(17)10-13)8-9-18-15(19)12-4-2-1-3-5-12;2*1-2-4-5-3-1;/h2*1-7H,8-9H2,(H,18,19);2*1-5H;/q4*-1;+4. The zero-order chi connectivity index (χ0) is 34.4. The van der Waals surface area contributed by atoms with Crippen LogP contribution in [0.25, 0.3) is 0 Å². The number of halogens is 4. The van der Waals surface area contributed by atoms with Gasteiger partial charge in [0, 0.05) is 47.5 Å². The number of rotatable bonds is 8. The van der Waals surface area contributed by atoms with E-state index in [2.05, 4.69) is 10.6 Å². The van der Waals surface area contributed by atoms with Crippen LogP contribution in [0.1, 0.15) is 22.3 Å². The van der Waals surface area contributed by atoms with Gasteiger partial charge in [-0.3, -0.25) is 0 Å². The average molecular weight is 731 g/mol. The number of nitrogens with one attached hydrogen (secondary N) is 2. The third-order valence-corrected chi connectivity index (χ3v) is 7.19.